The first-order valence-corrected chi connectivity index (χ1v) is 8.80. The molecule has 3 heterocycles. The molecule has 0 unspecified atom stereocenters. The third-order valence-corrected chi connectivity index (χ3v) is 2.98. The maximum absolute atomic E-state index is 4.80. The predicted molar refractivity (Wildman–Crippen MR) is 72.8 cm³/mol. The summed E-state index contributed by atoms with van der Waals surface area (Å²) in [5.74, 6) is -0.469. The van der Waals surface area contributed by atoms with Crippen molar-refractivity contribution >= 4 is 20.2 Å². The van der Waals surface area contributed by atoms with Crippen LogP contribution in [0.1, 0.15) is 6.92 Å². The normalized spacial score (nSPS) is 10.9. The summed E-state index contributed by atoms with van der Waals surface area (Å²) in [5.41, 5.74) is 0. The molecule has 0 aliphatic rings. The Hall–Kier alpha value is -1.27. The van der Waals surface area contributed by atoms with E-state index >= 15 is 0 Å². The van der Waals surface area contributed by atoms with E-state index in [0.29, 0.717) is 0 Å². The van der Waals surface area contributed by atoms with Crippen molar-refractivity contribution in [3.63, 3.8) is 0 Å². The molecule has 0 fully saturated rings. The third-order valence-electron chi connectivity index (χ3n) is 2.98. The summed E-state index contributed by atoms with van der Waals surface area (Å²) < 4.78 is 5.99. The van der Waals surface area contributed by atoms with Gasteiger partial charge in [-0.15, -0.1) is 0 Å². The van der Waals surface area contributed by atoms with E-state index in [-0.39, 0.29) is 13.1 Å². The Kier molecular flexibility index (Phi) is 5.25. The van der Waals surface area contributed by atoms with E-state index in [2.05, 4.69) is 21.9 Å². The van der Waals surface area contributed by atoms with Crippen molar-refractivity contribution in [2.75, 3.05) is 0 Å². The second kappa shape index (κ2) is 6.95. The SMILES string of the molecule is CC(n1ccnc1)(n1ccnc1)n1ccnc1.[Cl][Mn][Cl]. The molecule has 0 atom stereocenters. The molecular weight excluding hydrogens is 342 g/mol. The molecule has 0 bridgehead atoms. The Balaban J connectivity index is 0.000000452. The van der Waals surface area contributed by atoms with Gasteiger partial charge in [0.25, 0.3) is 0 Å². The summed E-state index contributed by atoms with van der Waals surface area (Å²) in [6.45, 7) is 2.07. The first-order chi connectivity index (χ1) is 9.73. The molecule has 6 nitrogen and oxygen atoms in total. The van der Waals surface area contributed by atoms with Gasteiger partial charge in [0.15, 0.2) is 0 Å². The Morgan fingerprint density at radius 3 is 1.30 bits per heavy atom. The van der Waals surface area contributed by atoms with E-state index in [4.69, 9.17) is 20.2 Å². The fourth-order valence-corrected chi connectivity index (χ4v) is 1.93. The average Bonchev–Trinajstić information content (AvgIpc) is 3.19. The quantitative estimate of drug-likeness (QED) is 0.679. The second-order valence-electron chi connectivity index (χ2n) is 3.93. The number of hydrogen-bond donors (Lipinski definition) is 0. The number of nitrogens with zero attached hydrogens (tertiary/aromatic N) is 6. The van der Waals surface area contributed by atoms with Crippen LogP contribution in [-0.2, 0) is 18.9 Å². The molecule has 3 aromatic rings. The molecule has 3 rings (SSSR count). The molecule has 0 aromatic carbocycles. The molecule has 3 aromatic heterocycles. The summed E-state index contributed by atoms with van der Waals surface area (Å²) in [6, 6.07) is 0. The van der Waals surface area contributed by atoms with Crippen LogP contribution < -0.4 is 0 Å². The number of aromatic nitrogens is 6. The van der Waals surface area contributed by atoms with Gasteiger partial charge in [0.1, 0.15) is 0 Å². The monoisotopic (exact) mass is 353 g/mol. The van der Waals surface area contributed by atoms with Crippen LogP contribution in [0.3, 0.4) is 0 Å². The number of imidazole rings is 3. The minimum atomic E-state index is -0.469. The van der Waals surface area contributed by atoms with Gasteiger partial charge >= 0.3 is 33.3 Å². The van der Waals surface area contributed by atoms with Gasteiger partial charge in [-0.05, 0) is 6.92 Å². The van der Waals surface area contributed by atoms with E-state index in [1.165, 1.54) is 0 Å². The number of rotatable bonds is 3. The van der Waals surface area contributed by atoms with Gasteiger partial charge < -0.3 is 0 Å². The van der Waals surface area contributed by atoms with Crippen molar-refractivity contribution in [2.45, 2.75) is 12.7 Å². The zero-order valence-electron chi connectivity index (χ0n) is 10.5. The van der Waals surface area contributed by atoms with Crippen molar-refractivity contribution in [2.24, 2.45) is 0 Å². The van der Waals surface area contributed by atoms with Crippen molar-refractivity contribution < 1.29 is 13.1 Å². The number of hydrogen-bond acceptors (Lipinski definition) is 3. The summed E-state index contributed by atoms with van der Waals surface area (Å²) >= 11 is 0.00694. The standard InChI is InChI=1S/C11H12N6.2ClH.Mn/c1-11(15-5-2-12-8-15,16-6-3-13-9-16)17-7-4-14-10-17;;;/h2-10H,1H3;2*1H;/q;;;+2/p-2. The summed E-state index contributed by atoms with van der Waals surface area (Å²) in [5, 5.41) is 0. The van der Waals surface area contributed by atoms with Gasteiger partial charge in [0, 0.05) is 37.2 Å². The summed E-state index contributed by atoms with van der Waals surface area (Å²) in [4.78, 5) is 12.3. The Labute approximate surface area is 131 Å². The Bertz CT molecular complexity index is 509. The van der Waals surface area contributed by atoms with E-state index in [1.807, 2.05) is 32.3 Å². The fourth-order valence-electron chi connectivity index (χ4n) is 1.93. The van der Waals surface area contributed by atoms with Crippen LogP contribution in [0.4, 0.5) is 0 Å². The van der Waals surface area contributed by atoms with Crippen LogP contribution in [-0.4, -0.2) is 28.7 Å². The molecule has 0 spiro atoms. The van der Waals surface area contributed by atoms with E-state index in [9.17, 15) is 0 Å². The fraction of sp³-hybridized carbons (Fsp3) is 0.182. The minimum absolute atomic E-state index is 0.00694. The maximum atomic E-state index is 4.80. The molecule has 20 heavy (non-hydrogen) atoms. The van der Waals surface area contributed by atoms with Crippen LogP contribution >= 0.6 is 20.2 Å². The first-order valence-electron chi connectivity index (χ1n) is 5.55. The molecule has 107 valence electrons. The topological polar surface area (TPSA) is 53.5 Å². The predicted octanol–water partition coefficient (Wildman–Crippen LogP) is 2.38. The number of halogens is 2. The first kappa shape index (κ1) is 15.1. The zero-order valence-corrected chi connectivity index (χ0v) is 13.2. The van der Waals surface area contributed by atoms with Gasteiger partial charge in [0.05, 0.1) is 19.0 Å². The van der Waals surface area contributed by atoms with Crippen LogP contribution in [0.5, 0.6) is 0 Å². The molecule has 0 N–H and O–H groups in total. The van der Waals surface area contributed by atoms with Gasteiger partial charge in [-0.2, -0.15) is 0 Å². The molecule has 0 saturated carbocycles. The Morgan fingerprint density at radius 2 is 1.10 bits per heavy atom. The van der Waals surface area contributed by atoms with Gasteiger partial charge in [-0.3, -0.25) is 13.7 Å². The second-order valence-corrected chi connectivity index (χ2v) is 5.88. The van der Waals surface area contributed by atoms with Crippen molar-refractivity contribution in [3.8, 4) is 0 Å². The van der Waals surface area contributed by atoms with Crippen LogP contribution in [0, 0.1) is 0 Å². The van der Waals surface area contributed by atoms with Crippen LogP contribution in [0.15, 0.2) is 56.2 Å². The zero-order chi connectivity index (χ0) is 14.4. The molecule has 0 amide bonds. The van der Waals surface area contributed by atoms with E-state index < -0.39 is 5.79 Å². The van der Waals surface area contributed by atoms with Crippen molar-refractivity contribution in [3.05, 3.63) is 56.2 Å². The van der Waals surface area contributed by atoms with Gasteiger partial charge in [-0.1, -0.05) is 0 Å². The van der Waals surface area contributed by atoms with Crippen LogP contribution in [0.2, 0.25) is 0 Å². The summed E-state index contributed by atoms with van der Waals surface area (Å²) in [6.07, 6.45) is 16.4. The third kappa shape index (κ3) is 2.91. The van der Waals surface area contributed by atoms with Crippen molar-refractivity contribution in [1.82, 2.24) is 28.7 Å². The van der Waals surface area contributed by atoms with Crippen LogP contribution in [0.25, 0.3) is 0 Å². The van der Waals surface area contributed by atoms with E-state index in [1.54, 1.807) is 37.6 Å². The summed E-state index contributed by atoms with van der Waals surface area (Å²) in [7, 11) is 9.59. The Morgan fingerprint density at radius 1 is 0.800 bits per heavy atom. The molecule has 0 aliphatic heterocycles. The molecular formula is C11H12Cl2MnN6. The molecule has 0 radical (unpaired) electrons. The molecule has 9 heteroatoms. The molecule has 0 saturated heterocycles. The van der Waals surface area contributed by atoms with E-state index in [0.717, 1.165) is 0 Å². The van der Waals surface area contributed by atoms with Crippen molar-refractivity contribution in [1.29, 1.82) is 0 Å². The van der Waals surface area contributed by atoms with Gasteiger partial charge in [-0.25, -0.2) is 15.0 Å². The average molecular weight is 354 g/mol. The van der Waals surface area contributed by atoms with Gasteiger partial charge in [0.2, 0.25) is 5.79 Å². The molecule has 0 aliphatic carbocycles.